The number of nitrogens with zero attached hydrogens (tertiary/aromatic N) is 2. The van der Waals surface area contributed by atoms with Crippen molar-refractivity contribution in [2.75, 3.05) is 7.11 Å². The Balaban J connectivity index is 2.01. The molecule has 0 N–H and O–H groups in total. The van der Waals surface area contributed by atoms with Gasteiger partial charge in [0.1, 0.15) is 17.3 Å². The number of aromatic nitrogens is 2. The smallest absolute Gasteiger partial charge is 0.123 e. The number of rotatable bonds is 2. The first-order valence-corrected chi connectivity index (χ1v) is 7.56. The molecule has 0 aliphatic heterocycles. The van der Waals surface area contributed by atoms with Crippen LogP contribution in [0.5, 0.6) is 5.75 Å². The molecule has 0 atom stereocenters. The highest BCUT2D eigenvalue weighted by molar-refractivity contribution is 7.26. The van der Waals surface area contributed by atoms with E-state index in [9.17, 15) is 4.39 Å². The fraction of sp³-hybridized carbons (Fsp3) is 0.0588. The predicted molar refractivity (Wildman–Crippen MR) is 86.9 cm³/mol. The maximum Gasteiger partial charge on any atom is 0.123 e. The Labute approximate surface area is 130 Å². The molecule has 5 heteroatoms. The van der Waals surface area contributed by atoms with Gasteiger partial charge in [-0.25, -0.2) is 4.39 Å². The van der Waals surface area contributed by atoms with Gasteiger partial charge in [0.05, 0.1) is 18.0 Å². The van der Waals surface area contributed by atoms with Crippen molar-refractivity contribution in [1.82, 2.24) is 10.2 Å². The van der Waals surface area contributed by atoms with Gasteiger partial charge in [-0.2, -0.15) is 5.10 Å². The Kier molecular flexibility index (Phi) is 3.01. The predicted octanol–water partition coefficient (Wildman–Crippen LogP) is 4.66. The van der Waals surface area contributed by atoms with Gasteiger partial charge in [0.2, 0.25) is 0 Å². The molecule has 22 heavy (non-hydrogen) atoms. The molecule has 0 aliphatic carbocycles. The summed E-state index contributed by atoms with van der Waals surface area (Å²) in [7, 11) is 1.65. The Morgan fingerprint density at radius 1 is 1.05 bits per heavy atom. The van der Waals surface area contributed by atoms with Crippen LogP contribution < -0.4 is 4.74 Å². The third-order valence-electron chi connectivity index (χ3n) is 3.61. The summed E-state index contributed by atoms with van der Waals surface area (Å²) in [5, 5.41) is 10.5. The molecule has 0 amide bonds. The van der Waals surface area contributed by atoms with Crippen molar-refractivity contribution in [3.05, 3.63) is 54.5 Å². The van der Waals surface area contributed by atoms with Gasteiger partial charge in [-0.1, -0.05) is 0 Å². The third-order valence-corrected chi connectivity index (χ3v) is 4.79. The molecule has 2 heterocycles. The number of hydrogen-bond donors (Lipinski definition) is 0. The molecular formula is C17H11FN2OS. The van der Waals surface area contributed by atoms with Crippen LogP contribution in [0.25, 0.3) is 31.4 Å². The van der Waals surface area contributed by atoms with Gasteiger partial charge in [0.15, 0.2) is 0 Å². The van der Waals surface area contributed by atoms with Crippen molar-refractivity contribution in [2.24, 2.45) is 0 Å². The summed E-state index contributed by atoms with van der Waals surface area (Å²) in [6, 6.07) is 12.3. The molecule has 0 saturated carbocycles. The maximum atomic E-state index is 13.1. The molecule has 3 nitrogen and oxygen atoms in total. The minimum absolute atomic E-state index is 0.259. The molecule has 2 aromatic heterocycles. The molecule has 0 bridgehead atoms. The molecule has 2 aromatic carbocycles. The summed E-state index contributed by atoms with van der Waals surface area (Å²) < 4.78 is 20.6. The van der Waals surface area contributed by atoms with Crippen molar-refractivity contribution in [2.45, 2.75) is 0 Å². The number of benzene rings is 2. The first kappa shape index (κ1) is 13.2. The molecule has 0 saturated heterocycles. The van der Waals surface area contributed by atoms with E-state index in [4.69, 9.17) is 4.74 Å². The van der Waals surface area contributed by atoms with E-state index in [1.54, 1.807) is 36.8 Å². The van der Waals surface area contributed by atoms with E-state index >= 15 is 0 Å². The zero-order chi connectivity index (χ0) is 15.1. The Hall–Kier alpha value is -2.53. The number of methoxy groups -OCH3 is 1. The lowest BCUT2D eigenvalue weighted by atomic mass is 10.1. The van der Waals surface area contributed by atoms with Crippen LogP contribution in [0.4, 0.5) is 4.39 Å². The lowest BCUT2D eigenvalue weighted by Gasteiger charge is -2.01. The fourth-order valence-corrected chi connectivity index (χ4v) is 3.73. The number of thiophene rings is 1. The quantitative estimate of drug-likeness (QED) is 0.540. The average Bonchev–Trinajstić information content (AvgIpc) is 2.93. The standard InChI is InChI=1S/C17H11FN2OS/c1-21-12-6-7-13-14-9-19-20-16(17(14)22-15(13)8-12)10-2-4-11(18)5-3-10/h2-9H,1H3. The molecule has 0 aliphatic rings. The van der Waals surface area contributed by atoms with Crippen LogP contribution in [0.2, 0.25) is 0 Å². The van der Waals surface area contributed by atoms with Gasteiger partial charge in [0, 0.05) is 21.0 Å². The Morgan fingerprint density at radius 2 is 1.86 bits per heavy atom. The normalized spacial score (nSPS) is 11.2. The van der Waals surface area contributed by atoms with Gasteiger partial charge in [-0.3, -0.25) is 0 Å². The lowest BCUT2D eigenvalue weighted by molar-refractivity contribution is 0.415. The van der Waals surface area contributed by atoms with Gasteiger partial charge >= 0.3 is 0 Å². The molecule has 0 spiro atoms. The third kappa shape index (κ3) is 2.02. The zero-order valence-corrected chi connectivity index (χ0v) is 12.5. The lowest BCUT2D eigenvalue weighted by Crippen LogP contribution is -1.87. The van der Waals surface area contributed by atoms with Crippen LogP contribution in [0.3, 0.4) is 0 Å². The second-order valence-electron chi connectivity index (χ2n) is 4.91. The summed E-state index contributed by atoms with van der Waals surface area (Å²) in [5.74, 6) is 0.563. The van der Waals surface area contributed by atoms with E-state index in [2.05, 4.69) is 10.2 Å². The van der Waals surface area contributed by atoms with E-state index in [-0.39, 0.29) is 5.82 Å². The SMILES string of the molecule is COc1ccc2c(c1)sc1c(-c3ccc(F)cc3)nncc12. The molecule has 0 fully saturated rings. The van der Waals surface area contributed by atoms with Crippen molar-refractivity contribution in [3.8, 4) is 17.0 Å². The molecule has 4 aromatic rings. The van der Waals surface area contributed by atoms with Crippen molar-refractivity contribution in [1.29, 1.82) is 0 Å². The second-order valence-corrected chi connectivity index (χ2v) is 5.96. The van der Waals surface area contributed by atoms with E-state index in [1.807, 2.05) is 18.2 Å². The molecule has 0 unspecified atom stereocenters. The summed E-state index contributed by atoms with van der Waals surface area (Å²) in [5.41, 5.74) is 1.63. The Bertz CT molecular complexity index is 979. The zero-order valence-electron chi connectivity index (χ0n) is 11.7. The Morgan fingerprint density at radius 3 is 2.64 bits per heavy atom. The first-order valence-electron chi connectivity index (χ1n) is 6.74. The van der Waals surface area contributed by atoms with E-state index < -0.39 is 0 Å². The highest BCUT2D eigenvalue weighted by Gasteiger charge is 2.13. The summed E-state index contributed by atoms with van der Waals surface area (Å²) in [6.07, 6.45) is 1.77. The fourth-order valence-electron chi connectivity index (χ4n) is 2.51. The van der Waals surface area contributed by atoms with Crippen molar-refractivity contribution in [3.63, 3.8) is 0 Å². The van der Waals surface area contributed by atoms with E-state index in [0.29, 0.717) is 0 Å². The molecular weight excluding hydrogens is 299 g/mol. The number of ether oxygens (including phenoxy) is 1. The molecule has 0 radical (unpaired) electrons. The monoisotopic (exact) mass is 310 g/mol. The van der Waals surface area contributed by atoms with E-state index in [1.165, 1.54) is 12.1 Å². The first-order chi connectivity index (χ1) is 10.8. The number of hydrogen-bond acceptors (Lipinski definition) is 4. The molecule has 4 rings (SSSR count). The van der Waals surface area contributed by atoms with Crippen LogP contribution in [0.15, 0.2) is 48.7 Å². The van der Waals surface area contributed by atoms with Crippen molar-refractivity contribution < 1.29 is 9.13 Å². The van der Waals surface area contributed by atoms with Crippen LogP contribution >= 0.6 is 11.3 Å². The summed E-state index contributed by atoms with van der Waals surface area (Å²) in [4.78, 5) is 0. The average molecular weight is 310 g/mol. The minimum Gasteiger partial charge on any atom is -0.497 e. The highest BCUT2D eigenvalue weighted by Crippen LogP contribution is 2.39. The summed E-state index contributed by atoms with van der Waals surface area (Å²) in [6.45, 7) is 0. The second kappa shape index (κ2) is 5.03. The van der Waals surface area contributed by atoms with Crippen LogP contribution in [0.1, 0.15) is 0 Å². The van der Waals surface area contributed by atoms with Gasteiger partial charge in [-0.05, 0) is 42.5 Å². The van der Waals surface area contributed by atoms with Gasteiger partial charge < -0.3 is 4.74 Å². The van der Waals surface area contributed by atoms with Crippen LogP contribution in [0, 0.1) is 5.82 Å². The van der Waals surface area contributed by atoms with Gasteiger partial charge in [-0.15, -0.1) is 16.4 Å². The number of halogens is 1. The largest absolute Gasteiger partial charge is 0.497 e. The topological polar surface area (TPSA) is 35.0 Å². The molecule has 108 valence electrons. The number of fused-ring (bicyclic) bond motifs is 3. The minimum atomic E-state index is -0.259. The maximum absolute atomic E-state index is 13.1. The highest BCUT2D eigenvalue weighted by atomic mass is 32.1. The van der Waals surface area contributed by atoms with Crippen molar-refractivity contribution >= 4 is 31.5 Å². The summed E-state index contributed by atoms with van der Waals surface area (Å²) >= 11 is 1.64. The van der Waals surface area contributed by atoms with Crippen LogP contribution in [-0.2, 0) is 0 Å². The van der Waals surface area contributed by atoms with Gasteiger partial charge in [0.25, 0.3) is 0 Å². The van der Waals surface area contributed by atoms with E-state index in [0.717, 1.165) is 37.2 Å². The van der Waals surface area contributed by atoms with Crippen LogP contribution in [-0.4, -0.2) is 17.3 Å².